The Morgan fingerprint density at radius 2 is 1.97 bits per heavy atom. The number of aryl methyl sites for hydroxylation is 3. The molecular weight excluding hydrogens is 404 g/mol. The van der Waals surface area contributed by atoms with Crippen LogP contribution >= 0.6 is 23.1 Å². The van der Waals surface area contributed by atoms with Crippen molar-refractivity contribution in [2.75, 3.05) is 5.32 Å². The Bertz CT molecular complexity index is 1170. The minimum atomic E-state index is -0.0292. The van der Waals surface area contributed by atoms with Crippen molar-refractivity contribution in [2.24, 2.45) is 0 Å². The molecule has 0 aliphatic carbocycles. The fourth-order valence-corrected chi connectivity index (χ4v) is 4.88. The first-order valence-corrected chi connectivity index (χ1v) is 10.8. The Morgan fingerprint density at radius 3 is 2.69 bits per heavy atom. The number of anilines is 1. The van der Waals surface area contributed by atoms with Crippen LogP contribution in [0, 0.1) is 20.8 Å². The minimum absolute atomic E-state index is 0.0292. The smallest absolute Gasteiger partial charge is 0.252 e. The quantitative estimate of drug-likeness (QED) is 0.499. The highest BCUT2D eigenvalue weighted by atomic mass is 32.2. The lowest BCUT2D eigenvalue weighted by Gasteiger charge is -2.11. The number of nitrogens with one attached hydrogen (secondary N) is 1. The molecule has 148 valence electrons. The number of thiazole rings is 1. The fraction of sp³-hybridized carbons (Fsp3) is 0.250. The highest BCUT2D eigenvalue weighted by Crippen LogP contribution is 2.30. The van der Waals surface area contributed by atoms with Gasteiger partial charge in [-0.15, -0.1) is 11.3 Å². The summed E-state index contributed by atoms with van der Waals surface area (Å²) in [5.41, 5.74) is 4.70. The predicted octanol–water partition coefficient (Wildman–Crippen LogP) is 4.23. The SMILES string of the molecule is Cc1csc(Sc2ccc(NC(=O)CCc3c(C)nc4ncnn4c3C)cc2)n1. The molecule has 0 aliphatic rings. The van der Waals surface area contributed by atoms with Crippen LogP contribution in [-0.4, -0.2) is 30.5 Å². The van der Waals surface area contributed by atoms with E-state index in [0.29, 0.717) is 18.6 Å². The van der Waals surface area contributed by atoms with Gasteiger partial charge in [-0.05, 0) is 57.0 Å². The largest absolute Gasteiger partial charge is 0.326 e. The Hall–Kier alpha value is -2.78. The number of fused-ring (bicyclic) bond motifs is 1. The van der Waals surface area contributed by atoms with Crippen LogP contribution in [0.1, 0.15) is 29.1 Å². The molecule has 0 unspecified atom stereocenters. The molecule has 0 radical (unpaired) electrons. The monoisotopic (exact) mass is 424 g/mol. The summed E-state index contributed by atoms with van der Waals surface area (Å²) in [5, 5.41) is 9.19. The van der Waals surface area contributed by atoms with Gasteiger partial charge in [0.25, 0.3) is 5.78 Å². The van der Waals surface area contributed by atoms with Crippen molar-refractivity contribution in [2.45, 2.75) is 42.8 Å². The zero-order chi connectivity index (χ0) is 20.4. The summed E-state index contributed by atoms with van der Waals surface area (Å²) in [5.74, 6) is 0.553. The summed E-state index contributed by atoms with van der Waals surface area (Å²) in [6.45, 7) is 5.90. The third-order valence-corrected chi connectivity index (χ3v) is 6.60. The second kappa shape index (κ2) is 8.30. The van der Waals surface area contributed by atoms with Gasteiger partial charge in [0.15, 0.2) is 4.34 Å². The summed E-state index contributed by atoms with van der Waals surface area (Å²) >= 11 is 3.26. The lowest BCUT2D eigenvalue weighted by atomic mass is 10.1. The summed E-state index contributed by atoms with van der Waals surface area (Å²) in [6, 6.07) is 7.82. The number of hydrogen-bond donors (Lipinski definition) is 1. The number of rotatable bonds is 6. The van der Waals surface area contributed by atoms with Gasteiger partial charge >= 0.3 is 0 Å². The van der Waals surface area contributed by atoms with Crippen LogP contribution < -0.4 is 5.32 Å². The Morgan fingerprint density at radius 1 is 1.17 bits per heavy atom. The van der Waals surface area contributed by atoms with Crippen LogP contribution in [0.5, 0.6) is 0 Å². The van der Waals surface area contributed by atoms with Crippen LogP contribution in [-0.2, 0) is 11.2 Å². The summed E-state index contributed by atoms with van der Waals surface area (Å²) in [4.78, 5) is 26.5. The highest BCUT2D eigenvalue weighted by Gasteiger charge is 2.13. The summed E-state index contributed by atoms with van der Waals surface area (Å²) < 4.78 is 2.73. The van der Waals surface area contributed by atoms with E-state index in [1.807, 2.05) is 50.4 Å². The van der Waals surface area contributed by atoms with Gasteiger partial charge < -0.3 is 5.32 Å². The zero-order valence-corrected chi connectivity index (χ0v) is 18.0. The van der Waals surface area contributed by atoms with Gasteiger partial charge in [0.2, 0.25) is 5.91 Å². The Balaban J connectivity index is 1.36. The van der Waals surface area contributed by atoms with E-state index in [1.165, 1.54) is 6.33 Å². The fourth-order valence-electron chi connectivity index (χ4n) is 3.07. The van der Waals surface area contributed by atoms with Crippen molar-refractivity contribution in [3.05, 3.63) is 58.6 Å². The Kier molecular flexibility index (Phi) is 5.59. The molecule has 0 aliphatic heterocycles. The number of amides is 1. The van der Waals surface area contributed by atoms with E-state index in [-0.39, 0.29) is 5.91 Å². The molecule has 29 heavy (non-hydrogen) atoms. The van der Waals surface area contributed by atoms with Gasteiger partial charge in [-0.25, -0.2) is 14.5 Å². The third kappa shape index (κ3) is 4.46. The molecule has 0 saturated heterocycles. The normalized spacial score (nSPS) is 11.1. The molecule has 0 atom stereocenters. The van der Waals surface area contributed by atoms with Crippen molar-refractivity contribution in [1.29, 1.82) is 0 Å². The van der Waals surface area contributed by atoms with Crippen molar-refractivity contribution in [1.82, 2.24) is 24.6 Å². The Labute approximate surface area is 176 Å². The van der Waals surface area contributed by atoms with Crippen LogP contribution in [0.4, 0.5) is 5.69 Å². The third-order valence-electron chi connectivity index (χ3n) is 4.53. The minimum Gasteiger partial charge on any atom is -0.326 e. The zero-order valence-electron chi connectivity index (χ0n) is 16.3. The molecule has 3 heterocycles. The van der Waals surface area contributed by atoms with E-state index < -0.39 is 0 Å². The topological polar surface area (TPSA) is 85.1 Å². The number of aromatic nitrogens is 5. The summed E-state index contributed by atoms with van der Waals surface area (Å²) in [7, 11) is 0. The number of hydrogen-bond acceptors (Lipinski definition) is 7. The second-order valence-electron chi connectivity index (χ2n) is 6.66. The van der Waals surface area contributed by atoms with Gasteiger partial charge in [-0.2, -0.15) is 10.1 Å². The summed E-state index contributed by atoms with van der Waals surface area (Å²) in [6.07, 6.45) is 2.46. The van der Waals surface area contributed by atoms with E-state index in [2.05, 4.69) is 25.4 Å². The van der Waals surface area contributed by atoms with Gasteiger partial charge in [-0.3, -0.25) is 4.79 Å². The molecule has 4 rings (SSSR count). The van der Waals surface area contributed by atoms with E-state index in [0.717, 1.165) is 37.6 Å². The second-order valence-corrected chi connectivity index (χ2v) is 8.84. The molecule has 3 aromatic heterocycles. The van der Waals surface area contributed by atoms with Gasteiger partial charge in [0.1, 0.15) is 6.33 Å². The van der Waals surface area contributed by atoms with Gasteiger partial charge in [0.05, 0.1) is 0 Å². The molecule has 1 N–H and O–H groups in total. The van der Waals surface area contributed by atoms with Crippen molar-refractivity contribution in [3.63, 3.8) is 0 Å². The number of carbonyl (C=O) groups excluding carboxylic acids is 1. The van der Waals surface area contributed by atoms with Gasteiger partial charge in [0, 0.05) is 39.5 Å². The van der Waals surface area contributed by atoms with Crippen LogP contribution in [0.3, 0.4) is 0 Å². The average molecular weight is 425 g/mol. The molecule has 0 saturated carbocycles. The molecule has 7 nitrogen and oxygen atoms in total. The van der Waals surface area contributed by atoms with Crippen LogP contribution in [0.2, 0.25) is 0 Å². The van der Waals surface area contributed by atoms with Crippen molar-refractivity contribution >= 4 is 40.5 Å². The van der Waals surface area contributed by atoms with Crippen molar-refractivity contribution < 1.29 is 4.79 Å². The van der Waals surface area contributed by atoms with Crippen molar-refractivity contribution in [3.8, 4) is 0 Å². The molecule has 0 fully saturated rings. The van der Waals surface area contributed by atoms with Crippen LogP contribution in [0.15, 0.2) is 45.2 Å². The number of nitrogens with zero attached hydrogens (tertiary/aromatic N) is 5. The molecule has 9 heteroatoms. The predicted molar refractivity (Wildman–Crippen MR) is 115 cm³/mol. The first-order chi connectivity index (χ1) is 14.0. The molecule has 1 amide bonds. The van der Waals surface area contributed by atoms with E-state index in [4.69, 9.17) is 0 Å². The maximum atomic E-state index is 12.4. The number of carbonyl (C=O) groups is 1. The molecule has 4 aromatic rings. The lowest BCUT2D eigenvalue weighted by molar-refractivity contribution is -0.116. The molecule has 1 aromatic carbocycles. The number of benzene rings is 1. The lowest BCUT2D eigenvalue weighted by Crippen LogP contribution is -2.14. The van der Waals surface area contributed by atoms with E-state index in [1.54, 1.807) is 27.6 Å². The molecule has 0 spiro atoms. The van der Waals surface area contributed by atoms with E-state index >= 15 is 0 Å². The maximum Gasteiger partial charge on any atom is 0.252 e. The first-order valence-electron chi connectivity index (χ1n) is 9.15. The van der Waals surface area contributed by atoms with Gasteiger partial charge in [-0.1, -0.05) is 11.8 Å². The van der Waals surface area contributed by atoms with Crippen LogP contribution in [0.25, 0.3) is 5.78 Å². The molecule has 0 bridgehead atoms. The molecular formula is C20H20N6OS2. The standard InChI is InChI=1S/C20H20N6OS2/c1-12-10-28-20(23-12)29-16-6-4-15(5-7-16)25-18(27)9-8-17-13(2)24-19-21-11-22-26(19)14(17)3/h4-7,10-11H,8-9H2,1-3H3,(H,25,27). The highest BCUT2D eigenvalue weighted by molar-refractivity contribution is 8.01. The average Bonchev–Trinajstić information content (AvgIpc) is 3.32. The maximum absolute atomic E-state index is 12.4. The van der Waals surface area contributed by atoms with E-state index in [9.17, 15) is 4.79 Å². The first kappa shape index (κ1) is 19.5.